The molecule has 0 amide bonds. The molecular formula is C39H43N3O7. The third kappa shape index (κ3) is 7.45. The molecule has 49 heavy (non-hydrogen) atoms. The van der Waals surface area contributed by atoms with Crippen molar-refractivity contribution in [2.75, 3.05) is 6.61 Å². The largest absolute Gasteiger partial charge is 0.463 e. The van der Waals surface area contributed by atoms with Crippen LogP contribution in [0.25, 0.3) is 0 Å². The molecule has 3 N–H and O–H groups in total. The van der Waals surface area contributed by atoms with Crippen molar-refractivity contribution < 1.29 is 23.8 Å². The van der Waals surface area contributed by atoms with Crippen LogP contribution in [-0.2, 0) is 29.2 Å². The molecule has 3 aromatic carbocycles. The number of hydrogen-bond donors (Lipinski definition) is 2. The number of esters is 2. The molecule has 0 unspecified atom stereocenters. The molecule has 10 heteroatoms. The molecule has 1 aromatic heterocycles. The van der Waals surface area contributed by atoms with Gasteiger partial charge in [-0.05, 0) is 42.4 Å². The summed E-state index contributed by atoms with van der Waals surface area (Å²) in [6, 6.07) is 28.8. The molecule has 0 bridgehead atoms. The van der Waals surface area contributed by atoms with E-state index in [0.29, 0.717) is 5.56 Å². The fourth-order valence-electron chi connectivity index (χ4n) is 7.28. The number of hydrogen-bond acceptors (Lipinski definition) is 8. The Morgan fingerprint density at radius 2 is 1.45 bits per heavy atom. The topological polar surface area (TPSA) is 143 Å². The number of nitrogens with two attached hydrogens (primary N) is 1. The van der Waals surface area contributed by atoms with E-state index in [1.165, 1.54) is 10.8 Å². The SMILES string of the molecule is Cc1cn([C@H]2C[C@H](OC(=O)[C@@H](N)C3CCCCC3)[C@@H](COC(=O)CC(c3ccccc3)(c3ccccc3)c3ccccc3)O2)c(=O)[nH]c1=O. The summed E-state index contributed by atoms with van der Waals surface area (Å²) in [5.74, 6) is -0.995. The zero-order valence-corrected chi connectivity index (χ0v) is 27.7. The number of aromatic nitrogens is 2. The molecule has 6 rings (SSSR count). The third-order valence-corrected chi connectivity index (χ3v) is 9.95. The van der Waals surface area contributed by atoms with Crippen LogP contribution in [0.15, 0.2) is 107 Å². The molecule has 1 aliphatic carbocycles. The minimum absolute atomic E-state index is 0.0171. The molecule has 256 valence electrons. The Hall–Kier alpha value is -4.80. The third-order valence-electron chi connectivity index (χ3n) is 9.95. The van der Waals surface area contributed by atoms with E-state index in [4.69, 9.17) is 19.9 Å². The van der Waals surface area contributed by atoms with Gasteiger partial charge in [-0.25, -0.2) is 4.79 Å². The number of aryl methyl sites for hydroxylation is 1. The smallest absolute Gasteiger partial charge is 0.330 e. The first kappa shape index (κ1) is 34.1. The van der Waals surface area contributed by atoms with Crippen LogP contribution < -0.4 is 17.0 Å². The van der Waals surface area contributed by atoms with E-state index in [9.17, 15) is 19.2 Å². The first-order valence-electron chi connectivity index (χ1n) is 17.0. The molecule has 10 nitrogen and oxygen atoms in total. The van der Waals surface area contributed by atoms with Crippen molar-refractivity contribution in [2.24, 2.45) is 11.7 Å². The molecule has 1 saturated carbocycles. The number of aromatic amines is 1. The van der Waals surface area contributed by atoms with E-state index < -0.39 is 53.1 Å². The maximum Gasteiger partial charge on any atom is 0.330 e. The van der Waals surface area contributed by atoms with Gasteiger partial charge in [0, 0.05) is 18.2 Å². The van der Waals surface area contributed by atoms with E-state index in [1.54, 1.807) is 6.92 Å². The quantitative estimate of drug-likeness (QED) is 0.170. The van der Waals surface area contributed by atoms with Gasteiger partial charge in [-0.3, -0.25) is 23.9 Å². The monoisotopic (exact) mass is 665 g/mol. The van der Waals surface area contributed by atoms with Gasteiger partial charge in [-0.15, -0.1) is 0 Å². The second kappa shape index (κ2) is 15.2. The fraction of sp³-hybridized carbons (Fsp3) is 0.385. The number of carbonyl (C=O) groups is 2. The fourth-order valence-corrected chi connectivity index (χ4v) is 7.28. The summed E-state index contributed by atoms with van der Waals surface area (Å²) in [6.45, 7) is 1.36. The van der Waals surface area contributed by atoms with Gasteiger partial charge >= 0.3 is 17.6 Å². The van der Waals surface area contributed by atoms with E-state index in [-0.39, 0.29) is 25.4 Å². The molecule has 2 heterocycles. The molecule has 2 aliphatic rings. The molecule has 0 radical (unpaired) electrons. The lowest BCUT2D eigenvalue weighted by Gasteiger charge is -2.35. The van der Waals surface area contributed by atoms with Gasteiger partial charge in [-0.1, -0.05) is 110 Å². The Morgan fingerprint density at radius 1 is 0.898 bits per heavy atom. The standard InChI is InChI=1S/C39H43N3O7/c1-26-24-42(38(46)41-36(26)44)33-22-31(49-37(45)35(40)27-14-6-2-7-15-27)32(48-33)25-47-34(43)23-39(28-16-8-3-9-17-28,29-18-10-4-11-19-29)30-20-12-5-13-21-30/h3-5,8-13,16-21,24,27,31-33,35H,2,6-7,14-15,22-23,25,40H2,1H3,(H,41,44,46)/t31-,32+,33+,35-/m0/s1. The number of H-pyrrole nitrogens is 1. The van der Waals surface area contributed by atoms with Crippen LogP contribution >= 0.6 is 0 Å². The predicted octanol–water partition coefficient (Wildman–Crippen LogP) is 4.92. The Bertz CT molecular complexity index is 1740. The van der Waals surface area contributed by atoms with Gasteiger partial charge < -0.3 is 19.9 Å². The van der Waals surface area contributed by atoms with E-state index in [2.05, 4.69) is 4.98 Å². The molecule has 2 fully saturated rings. The average molecular weight is 666 g/mol. The summed E-state index contributed by atoms with van der Waals surface area (Å²) in [7, 11) is 0. The van der Waals surface area contributed by atoms with Crippen LogP contribution in [0.3, 0.4) is 0 Å². The second-order valence-corrected chi connectivity index (χ2v) is 13.1. The number of ether oxygens (including phenoxy) is 3. The lowest BCUT2D eigenvalue weighted by atomic mass is 9.67. The first-order chi connectivity index (χ1) is 23.8. The van der Waals surface area contributed by atoms with Crippen LogP contribution in [0.4, 0.5) is 0 Å². The summed E-state index contributed by atoms with van der Waals surface area (Å²) in [5, 5.41) is 0. The van der Waals surface area contributed by atoms with E-state index in [0.717, 1.165) is 48.8 Å². The van der Waals surface area contributed by atoms with Crippen molar-refractivity contribution in [1.82, 2.24) is 9.55 Å². The number of rotatable bonds is 11. The first-order valence-corrected chi connectivity index (χ1v) is 17.0. The van der Waals surface area contributed by atoms with Crippen molar-refractivity contribution in [3.63, 3.8) is 0 Å². The van der Waals surface area contributed by atoms with Crippen LogP contribution in [-0.4, -0.2) is 46.3 Å². The Kier molecular flexibility index (Phi) is 10.6. The van der Waals surface area contributed by atoms with Gasteiger partial charge in [0.25, 0.3) is 5.56 Å². The number of carbonyl (C=O) groups excluding carboxylic acids is 2. The highest BCUT2D eigenvalue weighted by molar-refractivity contribution is 5.76. The van der Waals surface area contributed by atoms with Crippen LogP contribution in [0.5, 0.6) is 0 Å². The Morgan fingerprint density at radius 3 is 2.00 bits per heavy atom. The molecule has 0 spiro atoms. The summed E-state index contributed by atoms with van der Waals surface area (Å²) >= 11 is 0. The normalized spacial score (nSPS) is 20.4. The van der Waals surface area contributed by atoms with Gasteiger partial charge in [0.15, 0.2) is 0 Å². The Balaban J connectivity index is 1.26. The number of nitrogens with one attached hydrogen (secondary N) is 1. The summed E-state index contributed by atoms with van der Waals surface area (Å²) in [5.41, 5.74) is 7.48. The van der Waals surface area contributed by atoms with Gasteiger partial charge in [0.2, 0.25) is 0 Å². The summed E-state index contributed by atoms with van der Waals surface area (Å²) < 4.78 is 19.4. The lowest BCUT2D eigenvalue weighted by Crippen LogP contribution is -2.43. The second-order valence-electron chi connectivity index (χ2n) is 13.1. The highest BCUT2D eigenvalue weighted by Crippen LogP contribution is 2.42. The minimum atomic E-state index is -0.879. The molecule has 1 aliphatic heterocycles. The average Bonchev–Trinajstić information content (AvgIpc) is 3.54. The maximum absolute atomic E-state index is 14.0. The maximum atomic E-state index is 14.0. The van der Waals surface area contributed by atoms with Gasteiger partial charge in [0.05, 0.1) is 11.8 Å². The number of benzene rings is 3. The molecule has 4 aromatic rings. The minimum Gasteiger partial charge on any atom is -0.463 e. The zero-order chi connectivity index (χ0) is 34.4. The highest BCUT2D eigenvalue weighted by Gasteiger charge is 2.43. The molecule has 1 saturated heterocycles. The van der Waals surface area contributed by atoms with Crippen LogP contribution in [0, 0.1) is 12.8 Å². The van der Waals surface area contributed by atoms with Crippen molar-refractivity contribution >= 4 is 11.9 Å². The van der Waals surface area contributed by atoms with Crippen LogP contribution in [0.1, 0.15) is 73.4 Å². The lowest BCUT2D eigenvalue weighted by molar-refractivity contribution is -0.160. The van der Waals surface area contributed by atoms with E-state index in [1.807, 2.05) is 91.0 Å². The van der Waals surface area contributed by atoms with Crippen LogP contribution in [0.2, 0.25) is 0 Å². The van der Waals surface area contributed by atoms with E-state index >= 15 is 0 Å². The number of nitrogens with zero attached hydrogens (tertiary/aromatic N) is 1. The zero-order valence-electron chi connectivity index (χ0n) is 27.7. The van der Waals surface area contributed by atoms with Crippen molar-refractivity contribution in [3.05, 3.63) is 140 Å². The highest BCUT2D eigenvalue weighted by atomic mass is 16.6. The van der Waals surface area contributed by atoms with Gasteiger partial charge in [-0.2, -0.15) is 0 Å². The van der Waals surface area contributed by atoms with Crippen molar-refractivity contribution in [1.29, 1.82) is 0 Å². The van der Waals surface area contributed by atoms with Gasteiger partial charge in [0.1, 0.15) is 31.1 Å². The Labute approximate surface area is 285 Å². The van der Waals surface area contributed by atoms with Crippen molar-refractivity contribution in [3.8, 4) is 0 Å². The summed E-state index contributed by atoms with van der Waals surface area (Å²) in [4.78, 5) is 54.4. The molecular weight excluding hydrogens is 622 g/mol. The molecule has 4 atom stereocenters. The summed E-state index contributed by atoms with van der Waals surface area (Å²) in [6.07, 6.45) is 3.79. The van der Waals surface area contributed by atoms with Crippen molar-refractivity contribution in [2.45, 2.75) is 81.8 Å². The predicted molar refractivity (Wildman–Crippen MR) is 184 cm³/mol.